The number of aryl methyl sites for hydroxylation is 1. The van der Waals surface area contributed by atoms with Gasteiger partial charge < -0.3 is 4.74 Å². The van der Waals surface area contributed by atoms with Gasteiger partial charge in [-0.05, 0) is 31.6 Å². The molecule has 3 rings (SSSR count). The summed E-state index contributed by atoms with van der Waals surface area (Å²) in [7, 11) is 0. The molecule has 90 valence electrons. The van der Waals surface area contributed by atoms with Crippen molar-refractivity contribution in [2.24, 2.45) is 0 Å². The quantitative estimate of drug-likeness (QED) is 0.712. The molecule has 2 aromatic carbocycles. The Kier molecular flexibility index (Phi) is 2.67. The molecular weight excluding hydrogens is 220 g/mol. The molecule has 1 heterocycles. The van der Waals surface area contributed by atoms with E-state index >= 15 is 0 Å². The molecule has 0 fully saturated rings. The molecule has 0 aromatic heterocycles. The summed E-state index contributed by atoms with van der Waals surface area (Å²) in [6.07, 6.45) is 2.19. The lowest BCUT2D eigenvalue weighted by Crippen LogP contribution is -2.09. The van der Waals surface area contributed by atoms with Crippen molar-refractivity contribution in [3.63, 3.8) is 0 Å². The Morgan fingerprint density at radius 1 is 0.944 bits per heavy atom. The summed E-state index contributed by atoms with van der Waals surface area (Å²) in [5, 5.41) is 0. The van der Waals surface area contributed by atoms with Crippen LogP contribution in [0.3, 0.4) is 0 Å². The molecule has 0 amide bonds. The molecule has 1 heteroatoms. The predicted octanol–water partition coefficient (Wildman–Crippen LogP) is 4.42. The third-order valence-electron chi connectivity index (χ3n) is 3.33. The molecule has 0 bridgehead atoms. The van der Waals surface area contributed by atoms with Gasteiger partial charge in [0, 0.05) is 11.5 Å². The normalized spacial score (nSPS) is 17.7. The Bertz CT molecular complexity index is 596. The van der Waals surface area contributed by atoms with Crippen LogP contribution >= 0.6 is 0 Å². The van der Waals surface area contributed by atoms with Crippen molar-refractivity contribution in [3.8, 4) is 5.75 Å². The van der Waals surface area contributed by atoms with Gasteiger partial charge in [0.2, 0.25) is 0 Å². The Labute approximate surface area is 108 Å². The van der Waals surface area contributed by atoms with Crippen LogP contribution in [0.25, 0.3) is 0 Å². The van der Waals surface area contributed by atoms with E-state index in [0.29, 0.717) is 5.92 Å². The summed E-state index contributed by atoms with van der Waals surface area (Å²) < 4.78 is 5.80. The molecule has 0 spiro atoms. The molecule has 1 atom stereocenters. The monoisotopic (exact) mass is 236 g/mol. The van der Waals surface area contributed by atoms with Crippen LogP contribution in [0.2, 0.25) is 0 Å². The fourth-order valence-corrected chi connectivity index (χ4v) is 2.47. The van der Waals surface area contributed by atoms with Gasteiger partial charge >= 0.3 is 0 Å². The van der Waals surface area contributed by atoms with Gasteiger partial charge in [0.15, 0.2) is 0 Å². The highest BCUT2D eigenvalue weighted by Crippen LogP contribution is 2.38. The maximum atomic E-state index is 5.80. The van der Waals surface area contributed by atoms with Crippen LogP contribution in [0, 0.1) is 6.92 Å². The van der Waals surface area contributed by atoms with Crippen molar-refractivity contribution >= 4 is 0 Å². The highest BCUT2D eigenvalue weighted by atomic mass is 16.5. The van der Waals surface area contributed by atoms with Crippen LogP contribution in [0.1, 0.15) is 29.5 Å². The van der Waals surface area contributed by atoms with Crippen LogP contribution in [-0.4, -0.2) is 0 Å². The molecule has 0 saturated carbocycles. The zero-order valence-electron chi connectivity index (χ0n) is 10.7. The fourth-order valence-electron chi connectivity index (χ4n) is 2.47. The van der Waals surface area contributed by atoms with Crippen LogP contribution < -0.4 is 4.74 Å². The first-order chi connectivity index (χ1) is 8.74. The van der Waals surface area contributed by atoms with E-state index in [0.717, 1.165) is 11.5 Å². The van der Waals surface area contributed by atoms with Crippen molar-refractivity contribution in [2.75, 3.05) is 0 Å². The summed E-state index contributed by atoms with van der Waals surface area (Å²) in [6, 6.07) is 17.0. The van der Waals surface area contributed by atoms with Crippen molar-refractivity contribution in [2.45, 2.75) is 19.8 Å². The van der Waals surface area contributed by atoms with E-state index in [9.17, 15) is 0 Å². The van der Waals surface area contributed by atoms with Gasteiger partial charge in [0.1, 0.15) is 5.75 Å². The number of ether oxygens (including phenoxy) is 1. The number of fused-ring (bicyclic) bond motifs is 1. The molecule has 2 aromatic rings. The molecule has 0 N–H and O–H groups in total. The van der Waals surface area contributed by atoms with Crippen LogP contribution in [0.5, 0.6) is 5.75 Å². The molecule has 18 heavy (non-hydrogen) atoms. The van der Waals surface area contributed by atoms with Crippen LogP contribution in [-0.2, 0) is 0 Å². The molecule has 0 radical (unpaired) electrons. The highest BCUT2D eigenvalue weighted by molar-refractivity contribution is 5.49. The van der Waals surface area contributed by atoms with Crippen molar-refractivity contribution in [1.82, 2.24) is 0 Å². The third-order valence-corrected chi connectivity index (χ3v) is 3.33. The maximum Gasteiger partial charge on any atom is 0.131 e. The van der Waals surface area contributed by atoms with Crippen LogP contribution in [0.4, 0.5) is 0 Å². The van der Waals surface area contributed by atoms with Crippen LogP contribution in [0.15, 0.2) is 60.4 Å². The topological polar surface area (TPSA) is 9.23 Å². The first-order valence-corrected chi connectivity index (χ1v) is 6.26. The van der Waals surface area contributed by atoms with E-state index in [1.54, 1.807) is 0 Å². The van der Waals surface area contributed by atoms with Gasteiger partial charge in [-0.1, -0.05) is 48.0 Å². The largest absolute Gasteiger partial charge is 0.462 e. The molecular formula is C17H16O. The summed E-state index contributed by atoms with van der Waals surface area (Å²) in [5.74, 6) is 2.25. The summed E-state index contributed by atoms with van der Waals surface area (Å²) in [6.45, 7) is 4.13. The predicted molar refractivity (Wildman–Crippen MR) is 73.8 cm³/mol. The van der Waals surface area contributed by atoms with E-state index in [2.05, 4.69) is 61.5 Å². The molecule has 1 aliphatic rings. The lowest BCUT2D eigenvalue weighted by molar-refractivity contribution is 0.407. The molecule has 0 aliphatic carbocycles. The molecule has 1 aliphatic heterocycles. The smallest absolute Gasteiger partial charge is 0.131 e. The Morgan fingerprint density at radius 2 is 1.72 bits per heavy atom. The van der Waals surface area contributed by atoms with Crippen molar-refractivity contribution < 1.29 is 4.74 Å². The van der Waals surface area contributed by atoms with E-state index in [4.69, 9.17) is 4.74 Å². The van der Waals surface area contributed by atoms with E-state index in [1.807, 2.05) is 6.92 Å². The lowest BCUT2D eigenvalue weighted by Gasteiger charge is -2.24. The minimum Gasteiger partial charge on any atom is -0.462 e. The van der Waals surface area contributed by atoms with Crippen molar-refractivity contribution in [3.05, 3.63) is 77.1 Å². The molecule has 1 nitrogen and oxygen atoms in total. The SMILES string of the molecule is CC1=C[C@H](c2ccccc2)c2cc(C)ccc2O1. The van der Waals surface area contributed by atoms with Gasteiger partial charge in [0.05, 0.1) is 5.76 Å². The minimum atomic E-state index is 0.301. The van der Waals surface area contributed by atoms with Gasteiger partial charge in [0.25, 0.3) is 0 Å². The number of rotatable bonds is 1. The zero-order chi connectivity index (χ0) is 12.5. The Hall–Kier alpha value is -2.02. The number of benzene rings is 2. The average Bonchev–Trinajstić information content (AvgIpc) is 2.39. The molecule has 0 saturated heterocycles. The van der Waals surface area contributed by atoms with Crippen molar-refractivity contribution in [1.29, 1.82) is 0 Å². The first kappa shape index (κ1) is 11.1. The van der Waals surface area contributed by atoms with Gasteiger partial charge in [-0.15, -0.1) is 0 Å². The van der Waals surface area contributed by atoms with E-state index in [1.165, 1.54) is 16.7 Å². The van der Waals surface area contributed by atoms with Gasteiger partial charge in [-0.2, -0.15) is 0 Å². The second-order valence-electron chi connectivity index (χ2n) is 4.81. The summed E-state index contributed by atoms with van der Waals surface area (Å²) >= 11 is 0. The number of hydrogen-bond acceptors (Lipinski definition) is 1. The highest BCUT2D eigenvalue weighted by Gasteiger charge is 2.21. The second kappa shape index (κ2) is 4.34. The summed E-state index contributed by atoms with van der Waals surface area (Å²) in [5.41, 5.74) is 3.84. The maximum absolute atomic E-state index is 5.80. The Balaban J connectivity index is 2.14. The zero-order valence-corrected chi connectivity index (χ0v) is 10.7. The van der Waals surface area contributed by atoms with Gasteiger partial charge in [-0.3, -0.25) is 0 Å². The number of allylic oxidation sites excluding steroid dienone is 2. The van der Waals surface area contributed by atoms with Gasteiger partial charge in [-0.25, -0.2) is 0 Å². The lowest BCUT2D eigenvalue weighted by atomic mass is 9.88. The minimum absolute atomic E-state index is 0.301. The number of hydrogen-bond donors (Lipinski definition) is 0. The molecule has 0 unspecified atom stereocenters. The standard InChI is InChI=1S/C17H16O/c1-12-8-9-17-16(10-12)15(11-13(2)18-17)14-6-4-3-5-7-14/h3-11,15H,1-2H3/t15-/m1/s1. The average molecular weight is 236 g/mol. The first-order valence-electron chi connectivity index (χ1n) is 6.26. The fraction of sp³-hybridized carbons (Fsp3) is 0.176. The Morgan fingerprint density at radius 3 is 2.50 bits per heavy atom. The summed E-state index contributed by atoms with van der Waals surface area (Å²) in [4.78, 5) is 0. The third kappa shape index (κ3) is 1.92. The second-order valence-corrected chi connectivity index (χ2v) is 4.81. The van der Waals surface area contributed by atoms with E-state index < -0.39 is 0 Å². The van der Waals surface area contributed by atoms with E-state index in [-0.39, 0.29) is 0 Å².